The van der Waals surface area contributed by atoms with E-state index in [9.17, 15) is 9.18 Å². The normalized spacial score (nSPS) is 17.3. The van der Waals surface area contributed by atoms with E-state index in [1.807, 2.05) is 30.3 Å². The van der Waals surface area contributed by atoms with Crippen molar-refractivity contribution in [1.29, 1.82) is 0 Å². The molecule has 26 heavy (non-hydrogen) atoms. The molecule has 1 aliphatic heterocycles. The Bertz CT molecular complexity index is 896. The Hall–Kier alpha value is -3.06. The first-order valence-electron chi connectivity index (χ1n) is 8.26. The van der Waals surface area contributed by atoms with E-state index in [1.54, 1.807) is 4.90 Å². The molecule has 3 aromatic rings. The summed E-state index contributed by atoms with van der Waals surface area (Å²) in [4.78, 5) is 18.6. The molecule has 0 spiro atoms. The summed E-state index contributed by atoms with van der Waals surface area (Å²) in [7, 11) is 0. The predicted molar refractivity (Wildman–Crippen MR) is 90.7 cm³/mol. The van der Waals surface area contributed by atoms with Crippen LogP contribution in [-0.4, -0.2) is 40.6 Å². The quantitative estimate of drug-likeness (QED) is 0.724. The second-order valence-electron chi connectivity index (χ2n) is 5.94. The van der Waals surface area contributed by atoms with Gasteiger partial charge in [0.25, 0.3) is 11.8 Å². The van der Waals surface area contributed by atoms with Crippen LogP contribution in [0.1, 0.15) is 22.3 Å². The Kier molecular flexibility index (Phi) is 4.45. The van der Waals surface area contributed by atoms with Crippen molar-refractivity contribution in [3.05, 3.63) is 71.8 Å². The maximum Gasteiger partial charge on any atom is 0.258 e. The average Bonchev–Trinajstić information content (AvgIpc) is 3.19. The number of benzene rings is 2. The molecule has 0 radical (unpaired) electrons. The number of aromatic nitrogens is 2. The molecule has 0 saturated carbocycles. The van der Waals surface area contributed by atoms with Gasteiger partial charge in [-0.05, 0) is 36.4 Å². The third-order valence-corrected chi connectivity index (χ3v) is 4.20. The molecule has 6 nitrogen and oxygen atoms in total. The summed E-state index contributed by atoms with van der Waals surface area (Å²) in [5.41, 5.74) is 1.26. The molecular weight excluding hydrogens is 337 g/mol. The van der Waals surface area contributed by atoms with Gasteiger partial charge in [-0.3, -0.25) is 4.79 Å². The number of morpholine rings is 1. The van der Waals surface area contributed by atoms with Crippen LogP contribution in [0.2, 0.25) is 0 Å². The van der Waals surface area contributed by atoms with Crippen molar-refractivity contribution in [1.82, 2.24) is 15.0 Å². The van der Waals surface area contributed by atoms with Crippen LogP contribution in [0.3, 0.4) is 0 Å². The van der Waals surface area contributed by atoms with Crippen LogP contribution in [0.15, 0.2) is 59.1 Å². The summed E-state index contributed by atoms with van der Waals surface area (Å²) in [6.07, 6.45) is -0.464. The highest BCUT2D eigenvalue weighted by atomic mass is 19.1. The molecule has 1 unspecified atom stereocenters. The molecule has 1 amide bonds. The van der Waals surface area contributed by atoms with Crippen molar-refractivity contribution in [2.45, 2.75) is 6.10 Å². The van der Waals surface area contributed by atoms with Crippen molar-refractivity contribution >= 4 is 5.91 Å². The lowest BCUT2D eigenvalue weighted by Gasteiger charge is -2.31. The van der Waals surface area contributed by atoms with Gasteiger partial charge in [0.05, 0.1) is 13.2 Å². The van der Waals surface area contributed by atoms with Gasteiger partial charge in [0.1, 0.15) is 11.9 Å². The van der Waals surface area contributed by atoms with Crippen molar-refractivity contribution in [3.8, 4) is 11.5 Å². The van der Waals surface area contributed by atoms with Crippen molar-refractivity contribution < 1.29 is 18.4 Å². The highest BCUT2D eigenvalue weighted by Gasteiger charge is 2.29. The van der Waals surface area contributed by atoms with Crippen molar-refractivity contribution in [2.24, 2.45) is 0 Å². The smallest absolute Gasteiger partial charge is 0.258 e. The fourth-order valence-electron chi connectivity index (χ4n) is 2.83. The number of rotatable bonds is 3. The number of hydrogen-bond donors (Lipinski definition) is 0. The first-order chi connectivity index (χ1) is 12.7. The summed E-state index contributed by atoms with van der Waals surface area (Å²) in [5.74, 6) is 0.262. The van der Waals surface area contributed by atoms with E-state index >= 15 is 0 Å². The van der Waals surface area contributed by atoms with E-state index in [4.69, 9.17) is 9.26 Å². The fraction of sp³-hybridized carbons (Fsp3) is 0.211. The van der Waals surface area contributed by atoms with E-state index in [0.717, 1.165) is 5.56 Å². The first kappa shape index (κ1) is 16.4. The summed E-state index contributed by atoms with van der Waals surface area (Å²) in [6, 6.07) is 14.9. The highest BCUT2D eigenvalue weighted by Crippen LogP contribution is 2.24. The summed E-state index contributed by atoms with van der Waals surface area (Å²) >= 11 is 0. The molecule has 4 rings (SSSR count). The number of hydrogen-bond acceptors (Lipinski definition) is 5. The van der Waals surface area contributed by atoms with Gasteiger partial charge in [0.2, 0.25) is 5.82 Å². The molecule has 1 atom stereocenters. The number of carbonyl (C=O) groups is 1. The minimum atomic E-state index is -0.464. The summed E-state index contributed by atoms with van der Waals surface area (Å²) in [6.45, 7) is 1.13. The summed E-state index contributed by atoms with van der Waals surface area (Å²) < 4.78 is 24.1. The number of ether oxygens (including phenoxy) is 1. The van der Waals surface area contributed by atoms with Crippen LogP contribution in [0.5, 0.6) is 0 Å². The SMILES string of the molecule is O=C(c1ccc(F)cc1)N1CCOC(c2noc(-c3ccccc3)n2)C1. The molecule has 2 aromatic carbocycles. The van der Waals surface area contributed by atoms with Gasteiger partial charge in [-0.1, -0.05) is 23.4 Å². The molecule has 0 aliphatic carbocycles. The van der Waals surface area contributed by atoms with Crippen LogP contribution in [0.4, 0.5) is 4.39 Å². The predicted octanol–water partition coefficient (Wildman–Crippen LogP) is 3.09. The maximum atomic E-state index is 13.0. The van der Waals surface area contributed by atoms with E-state index in [0.29, 0.717) is 37.0 Å². The molecule has 1 saturated heterocycles. The summed E-state index contributed by atoms with van der Waals surface area (Å²) in [5, 5.41) is 4.00. The van der Waals surface area contributed by atoms with Gasteiger partial charge in [0, 0.05) is 17.7 Å². The Morgan fingerprint density at radius 3 is 2.65 bits per heavy atom. The largest absolute Gasteiger partial charge is 0.366 e. The minimum Gasteiger partial charge on any atom is -0.366 e. The Morgan fingerprint density at radius 2 is 1.88 bits per heavy atom. The van der Waals surface area contributed by atoms with Gasteiger partial charge in [0.15, 0.2) is 0 Å². The van der Waals surface area contributed by atoms with Crippen LogP contribution in [0, 0.1) is 5.82 Å². The van der Waals surface area contributed by atoms with Crippen molar-refractivity contribution in [2.75, 3.05) is 19.7 Å². The van der Waals surface area contributed by atoms with Crippen LogP contribution < -0.4 is 0 Å². The molecule has 132 valence electrons. The number of halogens is 1. The van der Waals surface area contributed by atoms with Crippen LogP contribution in [0.25, 0.3) is 11.5 Å². The minimum absolute atomic E-state index is 0.176. The molecule has 2 heterocycles. The monoisotopic (exact) mass is 353 g/mol. The fourth-order valence-corrected chi connectivity index (χ4v) is 2.83. The highest BCUT2D eigenvalue weighted by molar-refractivity contribution is 5.94. The number of nitrogens with zero attached hydrogens (tertiary/aromatic N) is 3. The van der Waals surface area contributed by atoms with E-state index in [2.05, 4.69) is 10.1 Å². The van der Waals surface area contributed by atoms with Gasteiger partial charge in [-0.2, -0.15) is 4.98 Å². The lowest BCUT2D eigenvalue weighted by Crippen LogP contribution is -2.42. The third kappa shape index (κ3) is 3.34. The van der Waals surface area contributed by atoms with Gasteiger partial charge in [-0.25, -0.2) is 4.39 Å². The first-order valence-corrected chi connectivity index (χ1v) is 8.26. The molecular formula is C19H16FN3O3. The standard InChI is InChI=1S/C19H16FN3O3/c20-15-8-6-14(7-9-15)19(24)23-10-11-25-16(12-23)17-21-18(26-22-17)13-4-2-1-3-5-13/h1-9,16H,10-12H2. The molecule has 1 aliphatic rings. The number of carbonyl (C=O) groups excluding carboxylic acids is 1. The second-order valence-corrected chi connectivity index (χ2v) is 5.94. The number of amides is 1. The Balaban J connectivity index is 1.49. The zero-order chi connectivity index (χ0) is 17.9. The van der Waals surface area contributed by atoms with Crippen molar-refractivity contribution in [3.63, 3.8) is 0 Å². The zero-order valence-electron chi connectivity index (χ0n) is 13.8. The lowest BCUT2D eigenvalue weighted by molar-refractivity contribution is -0.0276. The maximum absolute atomic E-state index is 13.0. The Labute approximate surface area is 149 Å². The topological polar surface area (TPSA) is 68.5 Å². The molecule has 1 aromatic heterocycles. The average molecular weight is 353 g/mol. The van der Waals surface area contributed by atoms with E-state index < -0.39 is 6.10 Å². The lowest BCUT2D eigenvalue weighted by atomic mass is 10.1. The third-order valence-electron chi connectivity index (χ3n) is 4.20. The van der Waals surface area contributed by atoms with Gasteiger partial charge >= 0.3 is 0 Å². The van der Waals surface area contributed by atoms with Gasteiger partial charge in [-0.15, -0.1) is 0 Å². The second kappa shape index (κ2) is 7.05. The molecule has 7 heteroatoms. The van der Waals surface area contributed by atoms with E-state index in [-0.39, 0.29) is 11.7 Å². The molecule has 0 N–H and O–H groups in total. The molecule has 0 bridgehead atoms. The van der Waals surface area contributed by atoms with Gasteiger partial charge < -0.3 is 14.2 Å². The van der Waals surface area contributed by atoms with E-state index in [1.165, 1.54) is 24.3 Å². The van der Waals surface area contributed by atoms with Crippen LogP contribution in [-0.2, 0) is 4.74 Å². The Morgan fingerprint density at radius 1 is 1.12 bits per heavy atom. The van der Waals surface area contributed by atoms with Crippen LogP contribution >= 0.6 is 0 Å². The molecule has 1 fully saturated rings. The zero-order valence-corrected chi connectivity index (χ0v) is 13.8.